The van der Waals surface area contributed by atoms with Crippen LogP contribution in [0.15, 0.2) is 157 Å². The average Bonchev–Trinajstić information content (AvgIpc) is 3.46. The second-order valence-corrected chi connectivity index (χ2v) is 16.3. The molecule has 55 heavy (non-hydrogen) atoms. The molecule has 7 aromatic rings. The van der Waals surface area contributed by atoms with Crippen LogP contribution in [0.5, 0.6) is 0 Å². The molecular formula is C53H44N2. The van der Waals surface area contributed by atoms with Gasteiger partial charge >= 0.3 is 0 Å². The fourth-order valence-electron chi connectivity index (χ4n) is 10.2. The smallest absolute Gasteiger partial charge is 0.0619 e. The van der Waals surface area contributed by atoms with E-state index in [-0.39, 0.29) is 5.41 Å². The molecule has 2 aliphatic heterocycles. The second-order valence-electron chi connectivity index (χ2n) is 16.3. The molecular weight excluding hydrogens is 665 g/mol. The van der Waals surface area contributed by atoms with Crippen molar-refractivity contribution in [2.75, 3.05) is 16.3 Å². The molecule has 0 atom stereocenters. The average molecular weight is 709 g/mol. The van der Waals surface area contributed by atoms with Crippen molar-refractivity contribution in [1.29, 1.82) is 0 Å². The van der Waals surface area contributed by atoms with Gasteiger partial charge in [-0.05, 0) is 111 Å². The number of hydrogen-bond donors (Lipinski definition) is 0. The zero-order chi connectivity index (χ0) is 36.7. The van der Waals surface area contributed by atoms with Crippen molar-refractivity contribution in [3.63, 3.8) is 0 Å². The Morgan fingerprint density at radius 3 is 1.93 bits per heavy atom. The zero-order valence-electron chi connectivity index (χ0n) is 31.6. The Bertz CT molecular complexity index is 2710. The number of allylic oxidation sites excluding steroid dienone is 4. The third-order valence-corrected chi connectivity index (χ3v) is 12.8. The molecule has 0 bridgehead atoms. The van der Waals surface area contributed by atoms with Crippen molar-refractivity contribution >= 4 is 56.4 Å². The van der Waals surface area contributed by atoms with Crippen molar-refractivity contribution in [1.82, 2.24) is 0 Å². The van der Waals surface area contributed by atoms with Gasteiger partial charge < -0.3 is 9.80 Å². The molecule has 0 spiro atoms. The Labute approximate surface area is 324 Å². The summed E-state index contributed by atoms with van der Waals surface area (Å²) >= 11 is 0. The van der Waals surface area contributed by atoms with Crippen molar-refractivity contribution in [3.05, 3.63) is 190 Å². The number of fused-ring (bicyclic) bond motifs is 7. The SMILES string of the molecule is CC1(C)c2cc(/C=C/c3c4ccccc4c(N4c5ccccc5Cc5ccccc54)c4ccccc34)ccc2-c2ccc(N3CCCC4=C3CCC=C4)cc21. The van der Waals surface area contributed by atoms with Gasteiger partial charge in [0.15, 0.2) is 0 Å². The van der Waals surface area contributed by atoms with Crippen molar-refractivity contribution in [2.45, 2.75) is 51.4 Å². The predicted molar refractivity (Wildman–Crippen MR) is 234 cm³/mol. The molecule has 0 amide bonds. The number of anilines is 4. The highest BCUT2D eigenvalue weighted by Crippen LogP contribution is 2.52. The lowest BCUT2D eigenvalue weighted by Crippen LogP contribution is -2.29. The Morgan fingerprint density at radius 2 is 1.22 bits per heavy atom. The fourth-order valence-corrected chi connectivity index (χ4v) is 10.2. The van der Waals surface area contributed by atoms with Crippen LogP contribution in [0.25, 0.3) is 44.8 Å². The lowest BCUT2D eigenvalue weighted by molar-refractivity contribution is 0.657. The maximum atomic E-state index is 2.61. The van der Waals surface area contributed by atoms with Crippen LogP contribution in [0.2, 0.25) is 0 Å². The van der Waals surface area contributed by atoms with Crippen LogP contribution in [0.3, 0.4) is 0 Å². The summed E-state index contributed by atoms with van der Waals surface area (Å²) in [5.74, 6) is 0. The fraction of sp³-hybridized carbons (Fsp3) is 0.170. The van der Waals surface area contributed by atoms with E-state index in [1.165, 1.54) is 113 Å². The first-order valence-electron chi connectivity index (χ1n) is 20.1. The van der Waals surface area contributed by atoms with Gasteiger partial charge in [-0.1, -0.05) is 147 Å². The summed E-state index contributed by atoms with van der Waals surface area (Å²) in [4.78, 5) is 5.13. The summed E-state index contributed by atoms with van der Waals surface area (Å²) in [6.45, 7) is 5.93. The van der Waals surface area contributed by atoms with Crippen molar-refractivity contribution in [3.8, 4) is 11.1 Å². The predicted octanol–water partition coefficient (Wildman–Crippen LogP) is 14.0. The van der Waals surface area contributed by atoms with E-state index in [0.29, 0.717) is 0 Å². The molecule has 0 radical (unpaired) electrons. The maximum Gasteiger partial charge on any atom is 0.0619 e. The second kappa shape index (κ2) is 12.5. The Kier molecular flexibility index (Phi) is 7.33. The Hall–Kier alpha value is -6.12. The van der Waals surface area contributed by atoms with Crippen LogP contribution in [0, 0.1) is 0 Å². The molecule has 0 fully saturated rings. The first-order valence-corrected chi connectivity index (χ1v) is 20.1. The topological polar surface area (TPSA) is 6.48 Å². The molecule has 7 aromatic carbocycles. The number of para-hydroxylation sites is 2. The summed E-state index contributed by atoms with van der Waals surface area (Å²) in [6, 6.07) is 50.2. The minimum absolute atomic E-state index is 0.0912. The number of hydrogen-bond acceptors (Lipinski definition) is 2. The minimum Gasteiger partial charge on any atom is -0.345 e. The number of benzene rings is 7. The van der Waals surface area contributed by atoms with E-state index < -0.39 is 0 Å². The molecule has 0 unspecified atom stereocenters. The quantitative estimate of drug-likeness (QED) is 0.133. The van der Waals surface area contributed by atoms with Gasteiger partial charge in [-0.25, -0.2) is 0 Å². The maximum absolute atomic E-state index is 2.61. The molecule has 11 rings (SSSR count). The largest absolute Gasteiger partial charge is 0.345 e. The highest BCUT2D eigenvalue weighted by atomic mass is 15.2. The summed E-state index contributed by atoms with van der Waals surface area (Å²) in [5.41, 5.74) is 18.9. The van der Waals surface area contributed by atoms with Gasteiger partial charge in [0.25, 0.3) is 0 Å². The summed E-state index contributed by atoms with van der Waals surface area (Å²) < 4.78 is 0. The van der Waals surface area contributed by atoms with E-state index >= 15 is 0 Å². The lowest BCUT2D eigenvalue weighted by atomic mass is 9.81. The van der Waals surface area contributed by atoms with Crippen LogP contribution in [0.4, 0.5) is 22.7 Å². The Balaban J connectivity index is 1.01. The third-order valence-electron chi connectivity index (χ3n) is 12.8. The first kappa shape index (κ1) is 32.3. The summed E-state index contributed by atoms with van der Waals surface area (Å²) in [5, 5.41) is 5.04. The van der Waals surface area contributed by atoms with Gasteiger partial charge in [-0.2, -0.15) is 0 Å². The molecule has 2 heteroatoms. The van der Waals surface area contributed by atoms with Gasteiger partial charge in [0, 0.05) is 51.9 Å². The van der Waals surface area contributed by atoms with Gasteiger partial charge in [0.2, 0.25) is 0 Å². The lowest BCUT2D eigenvalue weighted by Gasteiger charge is -2.35. The van der Waals surface area contributed by atoms with Crippen LogP contribution in [0.1, 0.15) is 72.9 Å². The normalized spacial score (nSPS) is 16.7. The summed E-state index contributed by atoms with van der Waals surface area (Å²) in [6.07, 6.45) is 15.1. The number of nitrogens with zero attached hydrogens (tertiary/aromatic N) is 2. The van der Waals surface area contributed by atoms with Crippen molar-refractivity contribution in [2.24, 2.45) is 0 Å². The van der Waals surface area contributed by atoms with Crippen LogP contribution >= 0.6 is 0 Å². The van der Waals surface area contributed by atoms with Gasteiger partial charge in [-0.15, -0.1) is 0 Å². The highest BCUT2D eigenvalue weighted by molar-refractivity contribution is 6.19. The molecule has 0 aromatic heterocycles. The molecule has 266 valence electrons. The van der Waals surface area contributed by atoms with Crippen LogP contribution < -0.4 is 9.80 Å². The van der Waals surface area contributed by atoms with E-state index in [1.54, 1.807) is 0 Å². The third kappa shape index (κ3) is 5.01. The molecule has 2 heterocycles. The molecule has 2 aliphatic carbocycles. The van der Waals surface area contributed by atoms with Crippen LogP contribution in [-0.4, -0.2) is 6.54 Å². The Morgan fingerprint density at radius 1 is 0.600 bits per heavy atom. The highest BCUT2D eigenvalue weighted by Gasteiger charge is 2.36. The molecule has 4 aliphatic rings. The molecule has 0 saturated heterocycles. The van der Waals surface area contributed by atoms with Gasteiger partial charge in [-0.3, -0.25) is 0 Å². The standard InChI is InChI=1S/C53H44N2/c1-53(2)47-32-35(26-29-43(47)44-30-27-39(34-48(44)53)54-31-13-17-36-14-3-10-22-49(36)54)25-28-42-40-18-6-8-20-45(40)52(46-21-9-7-19-41(42)46)55-50-23-11-4-15-37(50)33-38-16-5-12-24-51(38)55/h3-9,11-12,14-16,18-21,23-30,32,34H,10,13,17,22,31,33H2,1-2H3/b28-25+. The molecule has 0 saturated carbocycles. The van der Waals surface area contributed by atoms with Crippen molar-refractivity contribution < 1.29 is 0 Å². The number of rotatable bonds is 4. The molecule has 2 nitrogen and oxygen atoms in total. The van der Waals surface area contributed by atoms with Gasteiger partial charge in [0.1, 0.15) is 0 Å². The first-order chi connectivity index (χ1) is 27.0. The summed E-state index contributed by atoms with van der Waals surface area (Å²) in [7, 11) is 0. The minimum atomic E-state index is -0.0912. The van der Waals surface area contributed by atoms with E-state index in [0.717, 1.165) is 25.8 Å². The zero-order valence-corrected chi connectivity index (χ0v) is 31.6. The van der Waals surface area contributed by atoms with Crippen LogP contribution in [-0.2, 0) is 11.8 Å². The van der Waals surface area contributed by atoms with E-state index in [1.807, 2.05) is 0 Å². The molecule has 0 N–H and O–H groups in total. The van der Waals surface area contributed by atoms with Gasteiger partial charge in [0.05, 0.1) is 5.69 Å². The van der Waals surface area contributed by atoms with E-state index in [9.17, 15) is 0 Å². The van der Waals surface area contributed by atoms with E-state index in [4.69, 9.17) is 0 Å². The monoisotopic (exact) mass is 708 g/mol. The van der Waals surface area contributed by atoms with E-state index in [2.05, 4.69) is 181 Å².